The highest BCUT2D eigenvalue weighted by Crippen LogP contribution is 2.24. The molecule has 3 heterocycles. The number of fused-ring (bicyclic) bond motifs is 3. The number of halogens is 2. The van der Waals surface area contributed by atoms with E-state index in [1.807, 2.05) is 0 Å². The largest absolute Gasteiger partial charge is 0.481 e. The second-order valence-corrected chi connectivity index (χ2v) is 7.69. The molecule has 0 aliphatic carbocycles. The lowest BCUT2D eigenvalue weighted by atomic mass is 10.2. The molecule has 1 aromatic carbocycles. The zero-order chi connectivity index (χ0) is 20.9. The topological polar surface area (TPSA) is 133 Å². The van der Waals surface area contributed by atoms with Crippen LogP contribution in [-0.4, -0.2) is 35.0 Å². The molecule has 3 aromatic heterocycles. The van der Waals surface area contributed by atoms with Crippen molar-refractivity contribution >= 4 is 32.1 Å². The van der Waals surface area contributed by atoms with Gasteiger partial charge in [-0.1, -0.05) is 0 Å². The van der Waals surface area contributed by atoms with Gasteiger partial charge in [-0.05, 0) is 23.8 Å². The van der Waals surface area contributed by atoms with Gasteiger partial charge in [0.2, 0.25) is 15.9 Å². The van der Waals surface area contributed by atoms with E-state index in [9.17, 15) is 22.0 Å². The predicted octanol–water partition coefficient (Wildman–Crippen LogP) is 1.26. The fourth-order valence-corrected chi connectivity index (χ4v) is 3.80. The van der Waals surface area contributed by atoms with Gasteiger partial charge in [-0.25, -0.2) is 32.1 Å². The molecule has 0 spiro atoms. The van der Waals surface area contributed by atoms with E-state index >= 15 is 0 Å². The molecule has 0 saturated carbocycles. The predicted molar refractivity (Wildman–Crippen MR) is 99.0 cm³/mol. The van der Waals surface area contributed by atoms with E-state index in [1.54, 1.807) is 12.1 Å². The van der Waals surface area contributed by atoms with E-state index < -0.39 is 32.2 Å². The maximum atomic E-state index is 14.2. The smallest absolute Gasteiger partial charge is 0.326 e. The summed E-state index contributed by atoms with van der Waals surface area (Å²) in [6, 6.07) is 4.88. The third-order valence-corrected chi connectivity index (χ3v) is 5.28. The molecule has 0 unspecified atom stereocenters. The molecule has 29 heavy (non-hydrogen) atoms. The summed E-state index contributed by atoms with van der Waals surface area (Å²) in [5.41, 5.74) is 0.623. The fourth-order valence-electron chi connectivity index (χ4n) is 3.14. The van der Waals surface area contributed by atoms with Crippen LogP contribution in [0.5, 0.6) is 5.88 Å². The lowest BCUT2D eigenvalue weighted by molar-refractivity contribution is 0.399. The Morgan fingerprint density at radius 3 is 2.55 bits per heavy atom. The number of aromatic nitrogens is 4. The Kier molecular flexibility index (Phi) is 4.31. The highest BCUT2D eigenvalue weighted by atomic mass is 32.2. The van der Waals surface area contributed by atoms with Gasteiger partial charge >= 0.3 is 5.69 Å². The van der Waals surface area contributed by atoms with E-state index in [0.29, 0.717) is 27.9 Å². The van der Waals surface area contributed by atoms with Crippen LogP contribution in [0.1, 0.15) is 5.56 Å². The van der Waals surface area contributed by atoms with Gasteiger partial charge < -0.3 is 9.72 Å². The van der Waals surface area contributed by atoms with Crippen molar-refractivity contribution in [2.45, 2.75) is 11.4 Å². The molecule has 0 amide bonds. The van der Waals surface area contributed by atoms with Gasteiger partial charge in [0.15, 0.2) is 10.5 Å². The second kappa shape index (κ2) is 6.60. The Balaban J connectivity index is 1.90. The minimum atomic E-state index is -4.57. The number of hydrogen-bond donors (Lipinski definition) is 2. The summed E-state index contributed by atoms with van der Waals surface area (Å²) in [6.07, 6.45) is 1.41. The van der Waals surface area contributed by atoms with Gasteiger partial charge in [-0.15, -0.1) is 0 Å². The zero-order valence-electron chi connectivity index (χ0n) is 14.8. The van der Waals surface area contributed by atoms with Crippen molar-refractivity contribution in [1.82, 2.24) is 19.5 Å². The Morgan fingerprint density at radius 1 is 1.24 bits per heavy atom. The van der Waals surface area contributed by atoms with Crippen LogP contribution >= 0.6 is 0 Å². The van der Waals surface area contributed by atoms with Gasteiger partial charge in [0.1, 0.15) is 11.6 Å². The lowest BCUT2D eigenvalue weighted by Crippen LogP contribution is -2.19. The number of nitrogens with two attached hydrogens (primary N) is 1. The number of ether oxygens (including phenoxy) is 1. The van der Waals surface area contributed by atoms with Gasteiger partial charge in [0.05, 0.1) is 30.9 Å². The molecule has 0 fully saturated rings. The minimum Gasteiger partial charge on any atom is -0.481 e. The van der Waals surface area contributed by atoms with Crippen molar-refractivity contribution in [1.29, 1.82) is 0 Å². The summed E-state index contributed by atoms with van der Waals surface area (Å²) in [5, 5.41) is 5.35. The first-order chi connectivity index (χ1) is 13.7. The molecule has 0 atom stereocenters. The Bertz CT molecular complexity index is 1420. The number of rotatable bonds is 4. The number of sulfonamides is 1. The first kappa shape index (κ1) is 19.0. The molecule has 4 rings (SSSR count). The fraction of sp³-hybridized carbons (Fsp3) is 0.118. The van der Waals surface area contributed by atoms with Crippen molar-refractivity contribution in [2.24, 2.45) is 5.14 Å². The molecular formula is C17H13F2N5O4S. The summed E-state index contributed by atoms with van der Waals surface area (Å²) >= 11 is 0. The molecule has 0 aliphatic rings. The van der Waals surface area contributed by atoms with E-state index in [1.165, 1.54) is 17.9 Å². The molecule has 0 aliphatic heterocycles. The standard InChI is InChI=1S/C17H13F2N5O4S/c1-28-13-3-2-9-14-12(6-21-16(9)23-13)22-17(25)24(14)7-8-4-10(18)15(11(19)5-8)29(20,26)27/h2-6H,7H2,1H3,(H,22,25)(H2,20,26,27). The number of aromatic amines is 1. The summed E-state index contributed by atoms with van der Waals surface area (Å²) in [6.45, 7) is -0.233. The molecule has 150 valence electrons. The molecule has 9 nitrogen and oxygen atoms in total. The molecule has 4 aromatic rings. The minimum absolute atomic E-state index is 0.0295. The normalized spacial score (nSPS) is 12.0. The Morgan fingerprint density at radius 2 is 1.93 bits per heavy atom. The molecule has 0 radical (unpaired) electrons. The Labute approximate surface area is 161 Å². The number of primary sulfonamides is 1. The summed E-state index contributed by atoms with van der Waals surface area (Å²) in [4.78, 5) is 22.2. The number of nitrogens with one attached hydrogen (secondary N) is 1. The van der Waals surface area contributed by atoms with Crippen LogP contribution in [0.15, 0.2) is 40.2 Å². The zero-order valence-corrected chi connectivity index (χ0v) is 15.6. The van der Waals surface area contributed by atoms with E-state index in [-0.39, 0.29) is 12.1 Å². The number of methoxy groups -OCH3 is 1. The van der Waals surface area contributed by atoms with Crippen molar-refractivity contribution < 1.29 is 21.9 Å². The van der Waals surface area contributed by atoms with Crippen LogP contribution in [-0.2, 0) is 16.6 Å². The lowest BCUT2D eigenvalue weighted by Gasteiger charge is -2.09. The highest BCUT2D eigenvalue weighted by molar-refractivity contribution is 7.89. The van der Waals surface area contributed by atoms with E-state index in [4.69, 9.17) is 9.88 Å². The molecular weight excluding hydrogens is 408 g/mol. The van der Waals surface area contributed by atoms with Gasteiger partial charge in [0.25, 0.3) is 0 Å². The van der Waals surface area contributed by atoms with Crippen LogP contribution in [0.25, 0.3) is 22.1 Å². The number of H-pyrrole nitrogens is 1. The van der Waals surface area contributed by atoms with E-state index in [2.05, 4.69) is 15.0 Å². The third-order valence-electron chi connectivity index (χ3n) is 4.32. The molecule has 0 bridgehead atoms. The summed E-state index contributed by atoms with van der Waals surface area (Å²) in [7, 11) is -3.12. The van der Waals surface area contributed by atoms with Crippen molar-refractivity contribution in [3.8, 4) is 5.88 Å². The number of pyridine rings is 2. The Hall–Kier alpha value is -3.38. The molecule has 12 heteroatoms. The third kappa shape index (κ3) is 3.21. The van der Waals surface area contributed by atoms with Gasteiger partial charge in [-0.2, -0.15) is 4.98 Å². The van der Waals surface area contributed by atoms with Crippen molar-refractivity contribution in [3.63, 3.8) is 0 Å². The number of imidazole rings is 1. The molecule has 3 N–H and O–H groups in total. The SMILES string of the molecule is COc1ccc2c(ncc3[nH]c(=O)n(Cc4cc(F)c(S(N)(=O)=O)c(F)c4)c32)n1. The number of hydrogen-bond acceptors (Lipinski definition) is 6. The maximum Gasteiger partial charge on any atom is 0.326 e. The number of nitrogens with zero attached hydrogens (tertiary/aromatic N) is 3. The average molecular weight is 421 g/mol. The van der Waals surface area contributed by atoms with E-state index in [0.717, 1.165) is 12.1 Å². The van der Waals surface area contributed by atoms with Crippen molar-refractivity contribution in [3.05, 3.63) is 58.1 Å². The second-order valence-electron chi connectivity index (χ2n) is 6.20. The van der Waals surface area contributed by atoms with Crippen LogP contribution in [0.2, 0.25) is 0 Å². The van der Waals surface area contributed by atoms with Gasteiger partial charge in [0, 0.05) is 11.5 Å². The number of benzene rings is 1. The van der Waals surface area contributed by atoms with Crippen LogP contribution in [0, 0.1) is 11.6 Å². The van der Waals surface area contributed by atoms with Crippen LogP contribution < -0.4 is 15.6 Å². The average Bonchev–Trinajstić information content (AvgIpc) is 2.95. The monoisotopic (exact) mass is 421 g/mol. The maximum absolute atomic E-state index is 14.2. The summed E-state index contributed by atoms with van der Waals surface area (Å²) < 4.78 is 57.3. The first-order valence-corrected chi connectivity index (χ1v) is 9.66. The van der Waals surface area contributed by atoms with Crippen molar-refractivity contribution in [2.75, 3.05) is 7.11 Å². The molecule has 0 saturated heterocycles. The van der Waals surface area contributed by atoms with Crippen LogP contribution in [0.3, 0.4) is 0 Å². The highest BCUT2D eigenvalue weighted by Gasteiger charge is 2.22. The first-order valence-electron chi connectivity index (χ1n) is 8.12. The van der Waals surface area contributed by atoms with Crippen LogP contribution in [0.4, 0.5) is 8.78 Å². The summed E-state index contributed by atoms with van der Waals surface area (Å²) in [5.74, 6) is -2.35. The van der Waals surface area contributed by atoms with Gasteiger partial charge in [-0.3, -0.25) is 4.57 Å². The quantitative estimate of drug-likeness (QED) is 0.510.